The summed E-state index contributed by atoms with van der Waals surface area (Å²) in [5, 5.41) is 3.33. The second kappa shape index (κ2) is 7.37. The fourth-order valence-corrected chi connectivity index (χ4v) is 1.95. The molecule has 0 aliphatic rings. The summed E-state index contributed by atoms with van der Waals surface area (Å²) in [6.07, 6.45) is 3.19. The summed E-state index contributed by atoms with van der Waals surface area (Å²) in [7, 11) is 2.13. The first-order valence-electron chi connectivity index (χ1n) is 6.92. The van der Waals surface area contributed by atoms with E-state index in [1.165, 1.54) is 17.5 Å². The first-order chi connectivity index (χ1) is 8.54. The van der Waals surface area contributed by atoms with Crippen molar-refractivity contribution >= 4 is 5.82 Å². The van der Waals surface area contributed by atoms with Crippen LogP contribution in [0.2, 0.25) is 0 Å². The highest BCUT2D eigenvalue weighted by atomic mass is 15.2. The van der Waals surface area contributed by atoms with Crippen LogP contribution in [-0.4, -0.2) is 25.1 Å². The van der Waals surface area contributed by atoms with Crippen molar-refractivity contribution in [3.05, 3.63) is 23.4 Å². The SMILES string of the molecule is CCNCc1cnc(N(C)CCC(C)C)c(C)c1. The summed E-state index contributed by atoms with van der Waals surface area (Å²) in [4.78, 5) is 6.85. The summed E-state index contributed by atoms with van der Waals surface area (Å²) in [5.41, 5.74) is 2.52. The van der Waals surface area contributed by atoms with E-state index in [1.807, 2.05) is 6.20 Å². The molecule has 0 spiro atoms. The molecule has 0 saturated heterocycles. The first-order valence-corrected chi connectivity index (χ1v) is 6.92. The predicted molar refractivity (Wildman–Crippen MR) is 79.1 cm³/mol. The maximum atomic E-state index is 4.59. The number of anilines is 1. The van der Waals surface area contributed by atoms with E-state index in [9.17, 15) is 0 Å². The average molecular weight is 249 g/mol. The van der Waals surface area contributed by atoms with E-state index in [-0.39, 0.29) is 0 Å². The number of nitrogens with zero attached hydrogens (tertiary/aromatic N) is 2. The zero-order valence-corrected chi connectivity index (χ0v) is 12.5. The van der Waals surface area contributed by atoms with Gasteiger partial charge in [0.15, 0.2) is 0 Å². The standard InChI is InChI=1S/C15H27N3/c1-6-16-10-14-9-13(4)15(17-11-14)18(5)8-7-12(2)3/h9,11-12,16H,6-8,10H2,1-5H3. The normalized spacial score (nSPS) is 11.0. The zero-order valence-electron chi connectivity index (χ0n) is 12.5. The molecule has 1 aromatic heterocycles. The van der Waals surface area contributed by atoms with Gasteiger partial charge in [-0.05, 0) is 43.0 Å². The lowest BCUT2D eigenvalue weighted by Crippen LogP contribution is -2.22. The van der Waals surface area contributed by atoms with Gasteiger partial charge in [-0.15, -0.1) is 0 Å². The molecule has 0 saturated carbocycles. The molecule has 3 nitrogen and oxygen atoms in total. The topological polar surface area (TPSA) is 28.2 Å². The van der Waals surface area contributed by atoms with Crippen molar-refractivity contribution < 1.29 is 0 Å². The second-order valence-corrected chi connectivity index (χ2v) is 5.37. The van der Waals surface area contributed by atoms with Gasteiger partial charge in [0.05, 0.1) is 0 Å². The van der Waals surface area contributed by atoms with Crippen LogP contribution in [0.25, 0.3) is 0 Å². The van der Waals surface area contributed by atoms with E-state index < -0.39 is 0 Å². The smallest absolute Gasteiger partial charge is 0.131 e. The van der Waals surface area contributed by atoms with Crippen LogP contribution in [0.3, 0.4) is 0 Å². The summed E-state index contributed by atoms with van der Waals surface area (Å²) in [6.45, 7) is 11.7. The molecule has 1 N–H and O–H groups in total. The Morgan fingerprint density at radius 2 is 2.11 bits per heavy atom. The lowest BCUT2D eigenvalue weighted by molar-refractivity contribution is 0.583. The molecule has 0 fully saturated rings. The third-order valence-corrected chi connectivity index (χ3v) is 3.09. The molecule has 0 aliphatic carbocycles. The van der Waals surface area contributed by atoms with Crippen LogP contribution in [0.4, 0.5) is 5.82 Å². The Morgan fingerprint density at radius 3 is 2.67 bits per heavy atom. The highest BCUT2D eigenvalue weighted by Crippen LogP contribution is 2.17. The van der Waals surface area contributed by atoms with Gasteiger partial charge >= 0.3 is 0 Å². The number of hydrogen-bond donors (Lipinski definition) is 1. The number of nitrogens with one attached hydrogen (secondary N) is 1. The lowest BCUT2D eigenvalue weighted by atomic mass is 10.1. The molecular weight excluding hydrogens is 222 g/mol. The minimum absolute atomic E-state index is 0.737. The Labute approximate surface area is 112 Å². The molecule has 0 atom stereocenters. The Hall–Kier alpha value is -1.09. The third-order valence-electron chi connectivity index (χ3n) is 3.09. The number of rotatable bonds is 7. The molecule has 1 aromatic rings. The summed E-state index contributed by atoms with van der Waals surface area (Å²) in [6, 6.07) is 2.23. The van der Waals surface area contributed by atoms with Gasteiger partial charge in [-0.1, -0.05) is 20.8 Å². The molecule has 18 heavy (non-hydrogen) atoms. The van der Waals surface area contributed by atoms with E-state index in [2.05, 4.69) is 56.0 Å². The molecule has 1 rings (SSSR count). The van der Waals surface area contributed by atoms with Crippen molar-refractivity contribution in [2.75, 3.05) is 25.0 Å². The van der Waals surface area contributed by atoms with E-state index in [0.29, 0.717) is 0 Å². The molecule has 1 heterocycles. The first kappa shape index (κ1) is 15.0. The molecular formula is C15H27N3. The minimum atomic E-state index is 0.737. The largest absolute Gasteiger partial charge is 0.359 e. The molecule has 0 amide bonds. The maximum Gasteiger partial charge on any atom is 0.131 e. The van der Waals surface area contributed by atoms with Gasteiger partial charge < -0.3 is 10.2 Å². The molecule has 0 radical (unpaired) electrons. The quantitative estimate of drug-likeness (QED) is 0.805. The zero-order chi connectivity index (χ0) is 13.5. The highest BCUT2D eigenvalue weighted by molar-refractivity contribution is 5.46. The van der Waals surface area contributed by atoms with Crippen LogP contribution in [0, 0.1) is 12.8 Å². The molecule has 0 unspecified atom stereocenters. The predicted octanol–water partition coefficient (Wildman–Crippen LogP) is 2.98. The van der Waals surface area contributed by atoms with E-state index in [1.54, 1.807) is 0 Å². The number of hydrogen-bond acceptors (Lipinski definition) is 3. The van der Waals surface area contributed by atoms with E-state index in [0.717, 1.165) is 31.4 Å². The van der Waals surface area contributed by atoms with E-state index in [4.69, 9.17) is 0 Å². The van der Waals surface area contributed by atoms with Gasteiger partial charge in [-0.3, -0.25) is 0 Å². The summed E-state index contributed by atoms with van der Waals surface area (Å²) in [5.74, 6) is 1.84. The van der Waals surface area contributed by atoms with Gasteiger partial charge in [0, 0.05) is 26.3 Å². The Bertz CT molecular complexity index is 361. The van der Waals surface area contributed by atoms with Crippen molar-refractivity contribution in [1.82, 2.24) is 10.3 Å². The number of aromatic nitrogens is 1. The minimum Gasteiger partial charge on any atom is -0.359 e. The van der Waals surface area contributed by atoms with Crippen LogP contribution in [0.1, 0.15) is 38.3 Å². The molecule has 0 aliphatic heterocycles. The third kappa shape index (κ3) is 4.65. The van der Waals surface area contributed by atoms with Crippen molar-refractivity contribution in [3.8, 4) is 0 Å². The van der Waals surface area contributed by atoms with Crippen molar-refractivity contribution in [2.24, 2.45) is 5.92 Å². The molecule has 3 heteroatoms. The van der Waals surface area contributed by atoms with Crippen LogP contribution in [-0.2, 0) is 6.54 Å². The van der Waals surface area contributed by atoms with Crippen molar-refractivity contribution in [1.29, 1.82) is 0 Å². The highest BCUT2D eigenvalue weighted by Gasteiger charge is 2.07. The summed E-state index contributed by atoms with van der Waals surface area (Å²) >= 11 is 0. The fraction of sp³-hybridized carbons (Fsp3) is 0.667. The van der Waals surface area contributed by atoms with Crippen molar-refractivity contribution in [3.63, 3.8) is 0 Å². The van der Waals surface area contributed by atoms with Gasteiger partial charge in [-0.2, -0.15) is 0 Å². The van der Waals surface area contributed by atoms with Crippen LogP contribution >= 0.6 is 0 Å². The van der Waals surface area contributed by atoms with Crippen LogP contribution < -0.4 is 10.2 Å². The molecule has 0 bridgehead atoms. The number of aryl methyl sites for hydroxylation is 1. The maximum absolute atomic E-state index is 4.59. The number of pyridine rings is 1. The van der Waals surface area contributed by atoms with Gasteiger partial charge in [0.25, 0.3) is 0 Å². The average Bonchev–Trinajstić information content (AvgIpc) is 2.33. The van der Waals surface area contributed by atoms with E-state index >= 15 is 0 Å². The van der Waals surface area contributed by atoms with Crippen molar-refractivity contribution in [2.45, 2.75) is 40.7 Å². The van der Waals surface area contributed by atoms with Crippen LogP contribution in [0.5, 0.6) is 0 Å². The summed E-state index contributed by atoms with van der Waals surface area (Å²) < 4.78 is 0. The Balaban J connectivity index is 2.66. The van der Waals surface area contributed by atoms with Gasteiger partial charge in [0.2, 0.25) is 0 Å². The Morgan fingerprint density at radius 1 is 1.39 bits per heavy atom. The van der Waals surface area contributed by atoms with Crippen LogP contribution in [0.15, 0.2) is 12.3 Å². The second-order valence-electron chi connectivity index (χ2n) is 5.37. The molecule has 102 valence electrons. The lowest BCUT2D eigenvalue weighted by Gasteiger charge is -2.21. The van der Waals surface area contributed by atoms with Gasteiger partial charge in [0.1, 0.15) is 5.82 Å². The fourth-order valence-electron chi connectivity index (χ4n) is 1.95. The molecule has 0 aromatic carbocycles. The Kier molecular flexibility index (Phi) is 6.13. The monoisotopic (exact) mass is 249 g/mol. The van der Waals surface area contributed by atoms with Gasteiger partial charge in [-0.25, -0.2) is 4.98 Å².